The van der Waals surface area contributed by atoms with Gasteiger partial charge in [0.05, 0.1) is 0 Å². The first-order valence-corrected chi connectivity index (χ1v) is 15.3. The molecule has 0 aromatic rings. The second-order valence-electron chi connectivity index (χ2n) is 15.3. The molecule has 0 bridgehead atoms. The summed E-state index contributed by atoms with van der Waals surface area (Å²) in [5.74, 6) is -3.54. The van der Waals surface area contributed by atoms with Gasteiger partial charge in [0.2, 0.25) is 0 Å². The minimum Gasteiger partial charge on any atom is -0.462 e. The quantitative estimate of drug-likeness (QED) is 0.262. The first-order chi connectivity index (χ1) is 19.5. The van der Waals surface area contributed by atoms with E-state index in [1.165, 1.54) is 32.9 Å². The van der Waals surface area contributed by atoms with E-state index in [1.54, 1.807) is 27.7 Å². The molecule has 238 valence electrons. The van der Waals surface area contributed by atoms with Crippen molar-refractivity contribution in [2.75, 3.05) is 0 Å². The lowest BCUT2D eigenvalue weighted by molar-refractivity contribution is -0.185. The van der Waals surface area contributed by atoms with Gasteiger partial charge in [-0.3, -0.25) is 24.0 Å². The standard InChI is InChI=1S/C34H48O9/c1-18(35)42-23-16-31(7)24-12-11-20-21(15-22(37)28(40)30(20,5)6)33(24,9)26(39)17-32(31,8)27(23)34(10,41)25(38)13-14-29(3,4)43-19(2)36/h11,13-14,21-24,27,37,41H,12,15-17H2,1-10H3/t21-,22+,23-,24+,27+,31+,32-,33+,34+/m1/s1. The van der Waals surface area contributed by atoms with Gasteiger partial charge in [-0.05, 0) is 88.7 Å². The van der Waals surface area contributed by atoms with Crippen LogP contribution in [0.4, 0.5) is 0 Å². The van der Waals surface area contributed by atoms with Crippen molar-refractivity contribution in [3.05, 3.63) is 23.8 Å². The fraction of sp³-hybridized carbons (Fsp3) is 0.735. The molecule has 0 amide bonds. The Morgan fingerprint density at radius 3 is 2.16 bits per heavy atom. The van der Waals surface area contributed by atoms with Crippen LogP contribution in [0.3, 0.4) is 0 Å². The third kappa shape index (κ3) is 4.85. The van der Waals surface area contributed by atoms with E-state index in [0.717, 1.165) is 5.57 Å². The lowest BCUT2D eigenvalue weighted by Crippen LogP contribution is -2.65. The molecule has 4 rings (SSSR count). The molecule has 0 heterocycles. The predicted octanol–water partition coefficient (Wildman–Crippen LogP) is 4.07. The van der Waals surface area contributed by atoms with Gasteiger partial charge in [-0.2, -0.15) is 0 Å². The van der Waals surface area contributed by atoms with Crippen LogP contribution in [0.5, 0.6) is 0 Å². The number of aliphatic hydroxyl groups excluding tert-OH is 1. The van der Waals surface area contributed by atoms with Crippen molar-refractivity contribution < 1.29 is 43.7 Å². The molecule has 9 nitrogen and oxygen atoms in total. The van der Waals surface area contributed by atoms with Crippen LogP contribution >= 0.6 is 0 Å². The number of esters is 2. The van der Waals surface area contributed by atoms with Crippen molar-refractivity contribution in [1.29, 1.82) is 0 Å². The van der Waals surface area contributed by atoms with Gasteiger partial charge in [0.1, 0.15) is 29.2 Å². The molecule has 9 atom stereocenters. The van der Waals surface area contributed by atoms with E-state index in [9.17, 15) is 34.2 Å². The largest absolute Gasteiger partial charge is 0.462 e. The molecular weight excluding hydrogens is 552 g/mol. The molecule has 0 unspecified atom stereocenters. The Hall–Kier alpha value is -2.65. The zero-order valence-electron chi connectivity index (χ0n) is 27.2. The summed E-state index contributed by atoms with van der Waals surface area (Å²) in [7, 11) is 0. The summed E-state index contributed by atoms with van der Waals surface area (Å²) in [4.78, 5) is 65.1. The summed E-state index contributed by atoms with van der Waals surface area (Å²) in [5.41, 5.74) is -5.67. The van der Waals surface area contributed by atoms with Gasteiger partial charge in [-0.1, -0.05) is 32.4 Å². The Balaban J connectivity index is 1.82. The van der Waals surface area contributed by atoms with Gasteiger partial charge in [-0.15, -0.1) is 0 Å². The van der Waals surface area contributed by atoms with Crippen molar-refractivity contribution in [1.82, 2.24) is 0 Å². The number of carbonyl (C=O) groups excluding carboxylic acids is 5. The van der Waals surface area contributed by atoms with Gasteiger partial charge in [0.15, 0.2) is 11.6 Å². The Bertz CT molecular complexity index is 1320. The summed E-state index contributed by atoms with van der Waals surface area (Å²) in [6, 6.07) is 0. The van der Waals surface area contributed by atoms with Crippen LogP contribution < -0.4 is 0 Å². The number of fused-ring (bicyclic) bond motifs is 5. The summed E-state index contributed by atoms with van der Waals surface area (Å²) in [5, 5.41) is 22.8. The third-order valence-electron chi connectivity index (χ3n) is 11.8. The number of ketones is 3. The Morgan fingerprint density at radius 2 is 1.60 bits per heavy atom. The van der Waals surface area contributed by atoms with Crippen molar-refractivity contribution >= 4 is 29.3 Å². The molecule has 0 aliphatic heterocycles. The van der Waals surface area contributed by atoms with Gasteiger partial charge >= 0.3 is 11.9 Å². The van der Waals surface area contributed by atoms with Crippen LogP contribution in [0, 0.1) is 39.4 Å². The van der Waals surface area contributed by atoms with E-state index in [2.05, 4.69) is 13.0 Å². The highest BCUT2D eigenvalue weighted by atomic mass is 16.6. The molecule has 9 heteroatoms. The van der Waals surface area contributed by atoms with Crippen molar-refractivity contribution in [3.63, 3.8) is 0 Å². The molecule has 2 N–H and O–H groups in total. The number of allylic oxidation sites excluding steroid dienone is 2. The van der Waals surface area contributed by atoms with Crippen molar-refractivity contribution in [2.24, 2.45) is 39.4 Å². The molecule has 0 radical (unpaired) electrons. The van der Waals surface area contributed by atoms with Crippen LogP contribution in [-0.2, 0) is 33.4 Å². The van der Waals surface area contributed by atoms with Gasteiger partial charge < -0.3 is 19.7 Å². The minimum absolute atomic E-state index is 0.0271. The maximum atomic E-state index is 14.5. The Labute approximate surface area is 254 Å². The van der Waals surface area contributed by atoms with E-state index in [0.29, 0.717) is 12.8 Å². The number of hydrogen-bond donors (Lipinski definition) is 2. The normalized spacial score (nSPS) is 40.1. The number of aliphatic hydroxyl groups is 2. The van der Waals surface area contributed by atoms with Crippen LogP contribution in [-0.4, -0.2) is 62.9 Å². The Kier molecular flexibility index (Phi) is 7.88. The minimum atomic E-state index is -2.03. The highest BCUT2D eigenvalue weighted by Crippen LogP contribution is 2.74. The monoisotopic (exact) mass is 600 g/mol. The number of ether oxygens (including phenoxy) is 2. The maximum absolute atomic E-state index is 14.5. The topological polar surface area (TPSA) is 144 Å². The highest BCUT2D eigenvalue weighted by molar-refractivity contribution is 5.98. The summed E-state index contributed by atoms with van der Waals surface area (Å²) in [6.07, 6.45) is 3.66. The SMILES string of the molecule is CC(=O)O[C@@H]1C[C@@]2(C)[C@@H]3CC=C4[C@@H](C[C@H](O)C(=O)C4(C)C)[C@]3(C)C(=O)C[C@]2(C)[C@H]1[C@@](C)(O)C(=O)C=CC(C)(C)OC(C)=O. The van der Waals surface area contributed by atoms with E-state index < -0.39 is 68.7 Å². The first-order valence-electron chi connectivity index (χ1n) is 15.3. The predicted molar refractivity (Wildman–Crippen MR) is 157 cm³/mol. The zero-order valence-corrected chi connectivity index (χ0v) is 27.2. The van der Waals surface area contributed by atoms with E-state index in [1.807, 2.05) is 13.8 Å². The number of hydrogen-bond acceptors (Lipinski definition) is 9. The van der Waals surface area contributed by atoms with E-state index >= 15 is 0 Å². The highest BCUT2D eigenvalue weighted by Gasteiger charge is 2.75. The average molecular weight is 601 g/mol. The van der Waals surface area contributed by atoms with Crippen molar-refractivity contribution in [2.45, 2.75) is 118 Å². The smallest absolute Gasteiger partial charge is 0.303 e. The van der Waals surface area contributed by atoms with Crippen LogP contribution in [0.25, 0.3) is 0 Å². The first kappa shape index (κ1) is 33.2. The van der Waals surface area contributed by atoms with Crippen LogP contribution in [0.2, 0.25) is 0 Å². The summed E-state index contributed by atoms with van der Waals surface area (Å²) >= 11 is 0. The van der Waals surface area contributed by atoms with Gasteiger partial charge in [-0.25, -0.2) is 0 Å². The summed E-state index contributed by atoms with van der Waals surface area (Å²) < 4.78 is 11.1. The van der Waals surface area contributed by atoms with Gasteiger partial charge in [0.25, 0.3) is 0 Å². The second-order valence-corrected chi connectivity index (χ2v) is 15.3. The average Bonchev–Trinajstić information content (AvgIpc) is 3.07. The summed E-state index contributed by atoms with van der Waals surface area (Å²) in [6.45, 7) is 16.7. The second kappa shape index (κ2) is 10.2. The molecule has 3 fully saturated rings. The fourth-order valence-corrected chi connectivity index (χ4v) is 9.68. The number of rotatable bonds is 6. The Morgan fingerprint density at radius 1 is 1.00 bits per heavy atom. The van der Waals surface area contributed by atoms with Crippen molar-refractivity contribution in [3.8, 4) is 0 Å². The molecule has 43 heavy (non-hydrogen) atoms. The van der Waals surface area contributed by atoms with Crippen LogP contribution in [0.15, 0.2) is 23.8 Å². The zero-order chi connectivity index (χ0) is 32.7. The molecule has 0 spiro atoms. The fourth-order valence-electron chi connectivity index (χ4n) is 9.68. The number of Topliss-reactive ketones (excluding diaryl/α,β-unsaturated/α-hetero) is 2. The molecule has 0 aromatic heterocycles. The molecule has 0 saturated heterocycles. The number of carbonyl (C=O) groups is 5. The van der Waals surface area contributed by atoms with Gasteiger partial charge in [0, 0.05) is 37.0 Å². The molecule has 4 aliphatic rings. The van der Waals surface area contributed by atoms with E-state index in [4.69, 9.17) is 9.47 Å². The molecule has 4 aliphatic carbocycles. The lowest BCUT2D eigenvalue weighted by atomic mass is 9.38. The molecule has 0 aromatic carbocycles. The van der Waals surface area contributed by atoms with Crippen LogP contribution in [0.1, 0.15) is 94.9 Å². The van der Waals surface area contributed by atoms with E-state index in [-0.39, 0.29) is 36.2 Å². The molecular formula is C34H48O9. The molecule has 3 saturated carbocycles. The lowest BCUT2D eigenvalue weighted by Gasteiger charge is -2.64. The maximum Gasteiger partial charge on any atom is 0.303 e. The third-order valence-corrected chi connectivity index (χ3v) is 11.8.